The number of aromatic nitrogens is 4. The summed E-state index contributed by atoms with van der Waals surface area (Å²) in [5.41, 5.74) is 2.49. The number of benzene rings is 1. The molecule has 0 N–H and O–H groups in total. The van der Waals surface area contributed by atoms with E-state index in [1.807, 2.05) is 18.2 Å². The van der Waals surface area contributed by atoms with Crippen LogP contribution in [0, 0.1) is 0 Å². The van der Waals surface area contributed by atoms with Gasteiger partial charge in [0.2, 0.25) is 18.1 Å². The van der Waals surface area contributed by atoms with Crippen molar-refractivity contribution in [2.75, 3.05) is 26.4 Å². The number of rotatable bonds is 6. The molecule has 2 aliphatic rings. The van der Waals surface area contributed by atoms with E-state index < -0.39 is 0 Å². The Bertz CT molecular complexity index is 1080. The highest BCUT2D eigenvalue weighted by Crippen LogP contribution is 2.32. The standard InChI is InChI=1S/C20H20N4O6/c25-20-22-19(29-10-15-9-26-5-6-27-15)8-17-16-2-1-14(7-13(16)3-4-24(17)20)28-11-18-21-12-30-23-18/h1-2,7-8,12,15H,3-6,9-11H2. The molecule has 0 amide bonds. The highest BCUT2D eigenvalue weighted by Gasteiger charge is 2.21. The van der Waals surface area contributed by atoms with Crippen LogP contribution in [0.25, 0.3) is 11.3 Å². The smallest absolute Gasteiger partial charge is 0.351 e. The average molecular weight is 412 g/mol. The Kier molecular flexibility index (Phi) is 5.16. The lowest BCUT2D eigenvalue weighted by Gasteiger charge is -2.24. The first-order valence-electron chi connectivity index (χ1n) is 9.71. The summed E-state index contributed by atoms with van der Waals surface area (Å²) in [5, 5.41) is 3.73. The predicted molar refractivity (Wildman–Crippen MR) is 102 cm³/mol. The number of hydrogen-bond donors (Lipinski definition) is 0. The average Bonchev–Trinajstić information content (AvgIpc) is 3.30. The summed E-state index contributed by atoms with van der Waals surface area (Å²) in [6.07, 6.45) is 1.81. The van der Waals surface area contributed by atoms with E-state index in [-0.39, 0.29) is 30.9 Å². The van der Waals surface area contributed by atoms with Crippen molar-refractivity contribution in [3.05, 3.63) is 52.5 Å². The maximum atomic E-state index is 12.5. The molecular weight excluding hydrogens is 392 g/mol. The zero-order valence-electron chi connectivity index (χ0n) is 16.2. The quantitative estimate of drug-likeness (QED) is 0.590. The number of ether oxygens (including phenoxy) is 4. The summed E-state index contributed by atoms with van der Waals surface area (Å²) in [4.78, 5) is 20.5. The fourth-order valence-electron chi connectivity index (χ4n) is 3.56. The van der Waals surface area contributed by atoms with Crippen molar-refractivity contribution < 1.29 is 23.5 Å². The van der Waals surface area contributed by atoms with Gasteiger partial charge in [0.15, 0.2) is 6.61 Å². The highest BCUT2D eigenvalue weighted by molar-refractivity contribution is 5.67. The minimum Gasteiger partial charge on any atom is -0.485 e. The molecule has 1 atom stereocenters. The van der Waals surface area contributed by atoms with Gasteiger partial charge >= 0.3 is 5.69 Å². The molecule has 0 saturated carbocycles. The van der Waals surface area contributed by atoms with Crippen LogP contribution in [0.5, 0.6) is 11.6 Å². The predicted octanol–water partition coefficient (Wildman–Crippen LogP) is 1.22. The van der Waals surface area contributed by atoms with E-state index in [4.69, 9.17) is 23.5 Å². The van der Waals surface area contributed by atoms with Crippen LogP contribution in [-0.2, 0) is 29.0 Å². The SMILES string of the molecule is O=c1nc(OCC2COCCO2)cc2n1CCc1cc(OCc3ncon3)ccc1-2. The molecule has 1 aromatic carbocycles. The zero-order valence-corrected chi connectivity index (χ0v) is 16.2. The number of aryl methyl sites for hydroxylation is 1. The third-order valence-corrected chi connectivity index (χ3v) is 5.02. The number of fused-ring (bicyclic) bond motifs is 3. The second kappa shape index (κ2) is 8.25. The molecular formula is C20H20N4O6. The van der Waals surface area contributed by atoms with E-state index in [2.05, 4.69) is 15.1 Å². The molecule has 4 heterocycles. The maximum absolute atomic E-state index is 12.5. The Morgan fingerprint density at radius 2 is 2.17 bits per heavy atom. The van der Waals surface area contributed by atoms with Crippen molar-refractivity contribution in [2.24, 2.45) is 0 Å². The number of nitrogens with zero attached hydrogens (tertiary/aromatic N) is 4. The highest BCUT2D eigenvalue weighted by atomic mass is 16.6. The molecule has 0 bridgehead atoms. The molecule has 2 aliphatic heterocycles. The summed E-state index contributed by atoms with van der Waals surface area (Å²) in [5.74, 6) is 1.46. The Morgan fingerprint density at radius 1 is 1.20 bits per heavy atom. The molecule has 0 aliphatic carbocycles. The molecule has 1 unspecified atom stereocenters. The van der Waals surface area contributed by atoms with Crippen LogP contribution in [0.15, 0.2) is 40.0 Å². The normalized spacial score (nSPS) is 17.8. The van der Waals surface area contributed by atoms with Gasteiger partial charge < -0.3 is 23.5 Å². The molecule has 10 heteroatoms. The Hall–Kier alpha value is -3.24. The van der Waals surface area contributed by atoms with E-state index in [1.54, 1.807) is 10.6 Å². The van der Waals surface area contributed by atoms with Gasteiger partial charge in [-0.15, -0.1) is 0 Å². The van der Waals surface area contributed by atoms with Gasteiger partial charge in [-0.2, -0.15) is 9.97 Å². The van der Waals surface area contributed by atoms with Crippen molar-refractivity contribution in [3.63, 3.8) is 0 Å². The topological polar surface area (TPSA) is 111 Å². The Morgan fingerprint density at radius 3 is 3.00 bits per heavy atom. The summed E-state index contributed by atoms with van der Waals surface area (Å²) in [6, 6.07) is 7.56. The van der Waals surface area contributed by atoms with Crippen LogP contribution in [0.4, 0.5) is 0 Å². The first-order chi connectivity index (χ1) is 14.8. The molecule has 0 spiro atoms. The summed E-state index contributed by atoms with van der Waals surface area (Å²) >= 11 is 0. The van der Waals surface area contributed by atoms with Crippen molar-refractivity contribution >= 4 is 0 Å². The van der Waals surface area contributed by atoms with Gasteiger partial charge in [0.25, 0.3) is 0 Å². The second-order valence-electron chi connectivity index (χ2n) is 7.00. The van der Waals surface area contributed by atoms with E-state index >= 15 is 0 Å². The minimum atomic E-state index is -0.327. The van der Waals surface area contributed by atoms with Gasteiger partial charge in [-0.25, -0.2) is 4.79 Å². The summed E-state index contributed by atoms with van der Waals surface area (Å²) < 4.78 is 28.8. The van der Waals surface area contributed by atoms with E-state index in [0.29, 0.717) is 44.4 Å². The van der Waals surface area contributed by atoms with Gasteiger partial charge in [-0.3, -0.25) is 4.57 Å². The molecule has 5 rings (SSSR count). The molecule has 1 saturated heterocycles. The van der Waals surface area contributed by atoms with Crippen LogP contribution < -0.4 is 15.2 Å². The maximum Gasteiger partial charge on any atom is 0.351 e. The largest absolute Gasteiger partial charge is 0.485 e. The molecule has 3 aromatic rings. The van der Waals surface area contributed by atoms with Gasteiger partial charge in [-0.1, -0.05) is 5.16 Å². The molecule has 0 radical (unpaired) electrons. The third kappa shape index (κ3) is 3.91. The summed E-state index contributed by atoms with van der Waals surface area (Å²) in [7, 11) is 0. The van der Waals surface area contributed by atoms with E-state index in [1.165, 1.54) is 6.39 Å². The van der Waals surface area contributed by atoms with Crippen molar-refractivity contribution in [1.29, 1.82) is 0 Å². The van der Waals surface area contributed by atoms with Crippen LogP contribution in [0.3, 0.4) is 0 Å². The zero-order chi connectivity index (χ0) is 20.3. The van der Waals surface area contributed by atoms with E-state index in [9.17, 15) is 4.79 Å². The fraction of sp³-hybridized carbons (Fsp3) is 0.400. The van der Waals surface area contributed by atoms with Gasteiger partial charge in [0.1, 0.15) is 18.5 Å². The van der Waals surface area contributed by atoms with Crippen LogP contribution >= 0.6 is 0 Å². The second-order valence-corrected chi connectivity index (χ2v) is 7.00. The Labute approximate surface area is 171 Å². The van der Waals surface area contributed by atoms with Crippen molar-refractivity contribution in [3.8, 4) is 22.9 Å². The van der Waals surface area contributed by atoms with Gasteiger partial charge in [0.05, 0.1) is 25.5 Å². The summed E-state index contributed by atoms with van der Waals surface area (Å²) in [6.45, 7) is 2.65. The van der Waals surface area contributed by atoms with E-state index in [0.717, 1.165) is 16.8 Å². The van der Waals surface area contributed by atoms with Gasteiger partial charge in [-0.05, 0) is 30.2 Å². The Balaban J connectivity index is 1.35. The van der Waals surface area contributed by atoms with Crippen molar-refractivity contribution in [2.45, 2.75) is 25.7 Å². The molecule has 156 valence electrons. The lowest BCUT2D eigenvalue weighted by molar-refractivity contribution is -0.102. The fourth-order valence-corrected chi connectivity index (χ4v) is 3.56. The number of hydrogen-bond acceptors (Lipinski definition) is 9. The third-order valence-electron chi connectivity index (χ3n) is 5.02. The first-order valence-corrected chi connectivity index (χ1v) is 9.71. The monoisotopic (exact) mass is 412 g/mol. The molecule has 1 fully saturated rings. The van der Waals surface area contributed by atoms with Crippen LogP contribution in [-0.4, -0.2) is 52.2 Å². The molecule has 10 nitrogen and oxygen atoms in total. The first kappa shape index (κ1) is 18.8. The van der Waals surface area contributed by atoms with Gasteiger partial charge in [0, 0.05) is 18.2 Å². The van der Waals surface area contributed by atoms with Crippen molar-refractivity contribution in [1.82, 2.24) is 19.7 Å². The van der Waals surface area contributed by atoms with Crippen LogP contribution in [0.1, 0.15) is 11.4 Å². The molecule has 30 heavy (non-hydrogen) atoms. The molecule has 2 aromatic heterocycles. The lowest BCUT2D eigenvalue weighted by Crippen LogP contribution is -2.34. The lowest BCUT2D eigenvalue weighted by atomic mass is 9.97. The van der Waals surface area contributed by atoms with Crippen LogP contribution in [0.2, 0.25) is 0 Å². The minimum absolute atomic E-state index is 0.162.